The molecule has 60 valence electrons. The van der Waals surface area contributed by atoms with Crippen LogP contribution in [0.25, 0.3) is 0 Å². The van der Waals surface area contributed by atoms with E-state index in [9.17, 15) is 4.79 Å². The molecule has 0 spiro atoms. The first-order chi connectivity index (χ1) is 4.77. The van der Waals surface area contributed by atoms with Crippen LogP contribution in [0.4, 0.5) is 0 Å². The van der Waals surface area contributed by atoms with Gasteiger partial charge >= 0.3 is 0 Å². The van der Waals surface area contributed by atoms with Crippen LogP contribution in [-0.2, 0) is 9.53 Å². The second-order valence-corrected chi connectivity index (χ2v) is 2.31. The zero-order valence-corrected chi connectivity index (χ0v) is 6.25. The zero-order valence-electron chi connectivity index (χ0n) is 6.25. The first kappa shape index (κ1) is 9.43. The van der Waals surface area contributed by atoms with Crippen molar-refractivity contribution in [3.8, 4) is 0 Å². The molecular weight excluding hydrogens is 132 g/mol. The highest BCUT2D eigenvalue weighted by atomic mass is 16.5. The number of rotatable bonds is 6. The number of unbranched alkanes of at least 4 members (excludes halogenated alkanes) is 1. The van der Waals surface area contributed by atoms with Gasteiger partial charge in [-0.25, -0.2) is 0 Å². The number of aliphatic hydroxyl groups excluding tert-OH is 1. The van der Waals surface area contributed by atoms with Crippen LogP contribution in [0.3, 0.4) is 0 Å². The average Bonchev–Trinajstić information content (AvgIpc) is 1.87. The van der Waals surface area contributed by atoms with E-state index >= 15 is 0 Å². The Balaban J connectivity index is 2.83. The van der Waals surface area contributed by atoms with Gasteiger partial charge in [-0.3, -0.25) is 4.79 Å². The number of carbonyl (C=O) groups excluding carboxylic acids is 1. The fourth-order valence-electron chi connectivity index (χ4n) is 0.673. The maximum atomic E-state index is 9.63. The Labute approximate surface area is 61.0 Å². The number of hydrogen-bond donors (Lipinski definition) is 1. The lowest BCUT2D eigenvalue weighted by molar-refractivity contribution is -0.128. The molecule has 0 unspecified atom stereocenters. The van der Waals surface area contributed by atoms with Gasteiger partial charge in [-0.15, -0.1) is 0 Å². The lowest BCUT2D eigenvalue weighted by atomic mass is 10.2. The summed E-state index contributed by atoms with van der Waals surface area (Å²) in [5.74, 6) is 0. The van der Waals surface area contributed by atoms with Crippen LogP contribution >= 0.6 is 0 Å². The molecule has 0 radical (unpaired) electrons. The number of carbonyl (C=O) groups is 1. The predicted octanol–water partition coefficient (Wildman–Crippen LogP) is 0.710. The van der Waals surface area contributed by atoms with Gasteiger partial charge in [0.1, 0.15) is 0 Å². The number of ether oxygens (including phenoxy) is 1. The van der Waals surface area contributed by atoms with E-state index in [0.717, 1.165) is 19.3 Å². The molecule has 0 amide bonds. The van der Waals surface area contributed by atoms with Gasteiger partial charge < -0.3 is 9.84 Å². The minimum absolute atomic E-state index is 0.240. The van der Waals surface area contributed by atoms with E-state index in [0.29, 0.717) is 13.1 Å². The fourth-order valence-corrected chi connectivity index (χ4v) is 0.673. The molecule has 3 heteroatoms. The van der Waals surface area contributed by atoms with Gasteiger partial charge in [0.2, 0.25) is 0 Å². The molecule has 0 aromatic carbocycles. The Hall–Kier alpha value is -0.570. The molecule has 0 fully saturated rings. The first-order valence-electron chi connectivity index (χ1n) is 3.50. The normalized spacial score (nSPS) is 12.6. The molecule has 0 aliphatic rings. The van der Waals surface area contributed by atoms with E-state index < -0.39 is 0 Å². The second kappa shape index (κ2) is 6.55. The molecule has 0 aromatic rings. The summed E-state index contributed by atoms with van der Waals surface area (Å²) in [6.45, 7) is 2.67. The summed E-state index contributed by atoms with van der Waals surface area (Å²) in [6, 6.07) is 0. The summed E-state index contributed by atoms with van der Waals surface area (Å²) in [7, 11) is 0. The third kappa shape index (κ3) is 7.43. The Bertz CT molecular complexity index is 80.9. The van der Waals surface area contributed by atoms with Crippen molar-refractivity contribution in [2.24, 2.45) is 0 Å². The maximum absolute atomic E-state index is 9.63. The summed E-state index contributed by atoms with van der Waals surface area (Å²) < 4.78 is 4.45. The topological polar surface area (TPSA) is 46.5 Å². The van der Waals surface area contributed by atoms with Crippen LogP contribution in [-0.4, -0.2) is 24.3 Å². The van der Waals surface area contributed by atoms with E-state index in [1.807, 2.05) is 0 Å². The van der Waals surface area contributed by atoms with E-state index in [-0.39, 0.29) is 6.10 Å². The largest absolute Gasteiger partial charge is 0.468 e. The molecular formula is C7H14O3. The molecule has 0 saturated heterocycles. The van der Waals surface area contributed by atoms with Crippen molar-refractivity contribution in [1.82, 2.24) is 0 Å². The SMILES string of the molecule is C[C@H](O)CCCCOC=O. The number of aliphatic hydroxyl groups is 1. The minimum Gasteiger partial charge on any atom is -0.468 e. The highest BCUT2D eigenvalue weighted by molar-refractivity contribution is 5.36. The second-order valence-electron chi connectivity index (χ2n) is 2.31. The van der Waals surface area contributed by atoms with E-state index in [2.05, 4.69) is 4.74 Å². The van der Waals surface area contributed by atoms with Crippen molar-refractivity contribution in [3.63, 3.8) is 0 Å². The monoisotopic (exact) mass is 146 g/mol. The molecule has 0 aliphatic carbocycles. The minimum atomic E-state index is -0.240. The Morgan fingerprint density at radius 3 is 2.80 bits per heavy atom. The van der Waals surface area contributed by atoms with Crippen molar-refractivity contribution in [3.05, 3.63) is 0 Å². The summed E-state index contributed by atoms with van der Waals surface area (Å²) in [5, 5.41) is 8.80. The first-order valence-corrected chi connectivity index (χ1v) is 3.50. The summed E-state index contributed by atoms with van der Waals surface area (Å²) in [4.78, 5) is 9.63. The molecule has 0 rings (SSSR count). The molecule has 0 heterocycles. The van der Waals surface area contributed by atoms with Crippen molar-refractivity contribution >= 4 is 6.47 Å². The molecule has 0 aliphatic heterocycles. The smallest absolute Gasteiger partial charge is 0.293 e. The predicted molar refractivity (Wildman–Crippen MR) is 37.5 cm³/mol. The summed E-state index contributed by atoms with van der Waals surface area (Å²) in [5.41, 5.74) is 0. The van der Waals surface area contributed by atoms with E-state index in [4.69, 9.17) is 5.11 Å². The van der Waals surface area contributed by atoms with Gasteiger partial charge in [-0.05, 0) is 26.2 Å². The molecule has 10 heavy (non-hydrogen) atoms. The summed E-state index contributed by atoms with van der Waals surface area (Å²) in [6.07, 6.45) is 2.29. The molecule has 0 saturated carbocycles. The Morgan fingerprint density at radius 2 is 2.30 bits per heavy atom. The number of hydrogen-bond acceptors (Lipinski definition) is 3. The van der Waals surface area contributed by atoms with Crippen molar-refractivity contribution < 1.29 is 14.6 Å². The highest BCUT2D eigenvalue weighted by Gasteiger charge is 1.94. The standard InChI is InChI=1S/C7H14O3/c1-7(9)4-2-3-5-10-6-8/h6-7,9H,2-5H2,1H3/t7-/m0/s1. The average molecular weight is 146 g/mol. The lowest BCUT2D eigenvalue weighted by Gasteiger charge is -2.01. The Morgan fingerprint density at radius 1 is 1.60 bits per heavy atom. The lowest BCUT2D eigenvalue weighted by Crippen LogP contribution is -2.00. The van der Waals surface area contributed by atoms with Crippen LogP contribution in [0.1, 0.15) is 26.2 Å². The van der Waals surface area contributed by atoms with Gasteiger partial charge in [0.15, 0.2) is 0 Å². The Kier molecular flexibility index (Phi) is 6.18. The van der Waals surface area contributed by atoms with Gasteiger partial charge in [0, 0.05) is 0 Å². The van der Waals surface area contributed by atoms with Gasteiger partial charge in [-0.2, -0.15) is 0 Å². The van der Waals surface area contributed by atoms with E-state index in [1.165, 1.54) is 0 Å². The summed E-state index contributed by atoms with van der Waals surface area (Å²) >= 11 is 0. The van der Waals surface area contributed by atoms with Gasteiger partial charge in [0.25, 0.3) is 6.47 Å². The molecule has 1 atom stereocenters. The highest BCUT2D eigenvalue weighted by Crippen LogP contribution is 1.99. The van der Waals surface area contributed by atoms with E-state index in [1.54, 1.807) is 6.92 Å². The fraction of sp³-hybridized carbons (Fsp3) is 0.857. The third-order valence-corrected chi connectivity index (χ3v) is 1.20. The van der Waals surface area contributed by atoms with Gasteiger partial charge in [-0.1, -0.05) is 0 Å². The van der Waals surface area contributed by atoms with Crippen molar-refractivity contribution in [1.29, 1.82) is 0 Å². The quantitative estimate of drug-likeness (QED) is 0.443. The van der Waals surface area contributed by atoms with Crippen molar-refractivity contribution in [2.45, 2.75) is 32.3 Å². The van der Waals surface area contributed by atoms with Crippen LogP contribution in [0.15, 0.2) is 0 Å². The van der Waals surface area contributed by atoms with Crippen LogP contribution < -0.4 is 0 Å². The zero-order chi connectivity index (χ0) is 7.82. The third-order valence-electron chi connectivity index (χ3n) is 1.20. The maximum Gasteiger partial charge on any atom is 0.293 e. The van der Waals surface area contributed by atoms with Crippen molar-refractivity contribution in [2.75, 3.05) is 6.61 Å². The van der Waals surface area contributed by atoms with Gasteiger partial charge in [0.05, 0.1) is 12.7 Å². The molecule has 1 N–H and O–H groups in total. The van der Waals surface area contributed by atoms with Crippen LogP contribution in [0, 0.1) is 0 Å². The van der Waals surface area contributed by atoms with Crippen LogP contribution in [0.2, 0.25) is 0 Å². The molecule has 0 bridgehead atoms. The van der Waals surface area contributed by atoms with Crippen LogP contribution in [0.5, 0.6) is 0 Å². The molecule has 3 nitrogen and oxygen atoms in total. The molecule has 0 aromatic heterocycles.